The van der Waals surface area contributed by atoms with Crippen LogP contribution in [0.2, 0.25) is 0 Å². The molecule has 0 saturated carbocycles. The molecule has 0 spiro atoms. The Morgan fingerprint density at radius 1 is 0.841 bits per heavy atom. The summed E-state index contributed by atoms with van der Waals surface area (Å²) >= 11 is 2.68. The lowest BCUT2D eigenvalue weighted by molar-refractivity contribution is -0.124. The maximum atomic E-state index is 13.2. The lowest BCUT2D eigenvalue weighted by Crippen LogP contribution is -2.33. The summed E-state index contributed by atoms with van der Waals surface area (Å²) in [5, 5.41) is 6.59. The molecule has 0 aliphatic carbocycles. The molecule has 0 heterocycles. The molecule has 0 aromatic heterocycles. The fourth-order valence-electron chi connectivity index (χ4n) is 3.93. The van der Waals surface area contributed by atoms with Gasteiger partial charge in [-0.05, 0) is 73.1 Å². The zero-order valence-electron chi connectivity index (χ0n) is 27.2. The third-order valence-corrected chi connectivity index (χ3v) is 8.24. The molecule has 0 bridgehead atoms. The van der Waals surface area contributed by atoms with Crippen LogP contribution in [0.3, 0.4) is 0 Å². The van der Waals surface area contributed by atoms with Crippen molar-refractivity contribution >= 4 is 35.3 Å². The first-order valence-electron chi connectivity index (χ1n) is 14.9. The molecule has 1 unspecified atom stereocenters. The molecule has 2 N–H and O–H groups in total. The summed E-state index contributed by atoms with van der Waals surface area (Å²) in [6.45, 7) is 44.3. The second-order valence-electron chi connectivity index (χ2n) is 10.1. The van der Waals surface area contributed by atoms with Crippen molar-refractivity contribution in [3.05, 3.63) is 120 Å². The maximum Gasteiger partial charge on any atom is 0.256 e. The number of ether oxygens (including phenoxy) is 1. The largest absolute Gasteiger partial charge is 0.497 e. The summed E-state index contributed by atoms with van der Waals surface area (Å²) in [5.41, 5.74) is 1.49. The molecule has 6 nitrogen and oxygen atoms in total. The van der Waals surface area contributed by atoms with Crippen LogP contribution in [0.5, 0.6) is 0 Å². The molecule has 8 heteroatoms. The van der Waals surface area contributed by atoms with Crippen LogP contribution in [0, 0.1) is 5.92 Å². The van der Waals surface area contributed by atoms with Crippen LogP contribution < -0.4 is 10.6 Å². The van der Waals surface area contributed by atoms with Gasteiger partial charge in [0.2, 0.25) is 5.91 Å². The fraction of sp³-hybridized carbons (Fsp3) is 0.389. The molecule has 0 radical (unpaired) electrons. The number of nitrogens with one attached hydrogen (secondary N) is 2. The predicted molar refractivity (Wildman–Crippen MR) is 195 cm³/mol. The van der Waals surface area contributed by atoms with Crippen LogP contribution in [-0.2, 0) is 14.3 Å². The molecule has 0 aromatic rings. The van der Waals surface area contributed by atoms with Gasteiger partial charge in [-0.25, -0.2) is 0 Å². The van der Waals surface area contributed by atoms with E-state index in [1.807, 2.05) is 13.0 Å². The van der Waals surface area contributed by atoms with Gasteiger partial charge >= 0.3 is 0 Å². The second kappa shape index (κ2) is 23.2. The molecule has 44 heavy (non-hydrogen) atoms. The van der Waals surface area contributed by atoms with E-state index in [1.165, 1.54) is 29.6 Å². The Labute approximate surface area is 275 Å². The minimum Gasteiger partial charge on any atom is -0.497 e. The van der Waals surface area contributed by atoms with Gasteiger partial charge in [0.1, 0.15) is 6.61 Å². The van der Waals surface area contributed by atoms with Crippen molar-refractivity contribution in [1.29, 1.82) is 0 Å². The Kier molecular flexibility index (Phi) is 21.5. The SMILES string of the molecule is C=CC(=C)C(=C)C(=O)NC(=C)SC(=C)CCCCC(=C)SC(=C)NC(=O)C(COC(=C)CCN(CC)CCC)/C(C=C)=C/C. The minimum absolute atomic E-state index is 0.173. The standard InChI is InChI=1S/C36H53N3O3S2/c1-13-23-39(17-5)24-22-27(7)42-25-34(33(15-3)16-4)36(41)38-32(12)44-29(9)21-19-18-20-28(8)43-31(11)37-35(40)30(10)26(6)14-2/h14-16,34H,2-3,6-13,17-25H2,1,4-5H3,(H,37,40)(H,38,41)/b33-16+. The van der Waals surface area contributed by atoms with Gasteiger partial charge < -0.3 is 20.3 Å². The average Bonchev–Trinajstić information content (AvgIpc) is 2.98. The normalized spacial score (nSPS) is 11.6. The summed E-state index contributed by atoms with van der Waals surface area (Å²) in [6.07, 6.45) is 10.1. The molecule has 242 valence electrons. The molecule has 0 aliphatic heterocycles. The third-order valence-electron chi connectivity index (χ3n) is 6.56. The first-order valence-corrected chi connectivity index (χ1v) is 16.5. The van der Waals surface area contributed by atoms with Crippen molar-refractivity contribution in [2.75, 3.05) is 26.2 Å². The van der Waals surface area contributed by atoms with E-state index in [0.29, 0.717) is 27.8 Å². The Hall–Kier alpha value is -3.20. The molecule has 0 fully saturated rings. The van der Waals surface area contributed by atoms with Crippen molar-refractivity contribution < 1.29 is 14.3 Å². The molecule has 1 atom stereocenters. The lowest BCUT2D eigenvalue weighted by Gasteiger charge is -2.22. The van der Waals surface area contributed by atoms with Crippen LogP contribution in [0.25, 0.3) is 0 Å². The smallest absolute Gasteiger partial charge is 0.256 e. The van der Waals surface area contributed by atoms with E-state index in [4.69, 9.17) is 4.74 Å². The van der Waals surface area contributed by atoms with E-state index >= 15 is 0 Å². The number of hydrogen-bond acceptors (Lipinski definition) is 6. The summed E-state index contributed by atoms with van der Waals surface area (Å²) in [6, 6.07) is 0. The number of amides is 2. The summed E-state index contributed by atoms with van der Waals surface area (Å²) in [7, 11) is 0. The molecular formula is C36H53N3O3S2. The van der Waals surface area contributed by atoms with E-state index in [2.05, 4.69) is 88.6 Å². The van der Waals surface area contributed by atoms with E-state index < -0.39 is 5.92 Å². The Bertz CT molecular complexity index is 1150. The van der Waals surface area contributed by atoms with Gasteiger partial charge in [0.25, 0.3) is 5.91 Å². The van der Waals surface area contributed by atoms with Crippen LogP contribution in [-0.4, -0.2) is 43.0 Å². The lowest BCUT2D eigenvalue weighted by atomic mass is 9.98. The van der Waals surface area contributed by atoms with Gasteiger partial charge in [0, 0.05) is 18.5 Å². The second-order valence-corrected chi connectivity index (χ2v) is 12.6. The number of allylic oxidation sites excluding steroid dienone is 5. The van der Waals surface area contributed by atoms with Crippen LogP contribution in [0.4, 0.5) is 0 Å². The quantitative estimate of drug-likeness (QED) is 0.0426. The zero-order chi connectivity index (χ0) is 33.7. The number of thioether (sulfide) groups is 2. The summed E-state index contributed by atoms with van der Waals surface area (Å²) in [5.74, 6) is -0.456. The van der Waals surface area contributed by atoms with Crippen molar-refractivity contribution in [3.63, 3.8) is 0 Å². The zero-order valence-corrected chi connectivity index (χ0v) is 28.9. The number of nitrogens with zero attached hydrogens (tertiary/aromatic N) is 1. The van der Waals surface area contributed by atoms with E-state index in [1.54, 1.807) is 6.08 Å². The Balaban J connectivity index is 4.66. The van der Waals surface area contributed by atoms with E-state index in [-0.39, 0.29) is 24.0 Å². The minimum atomic E-state index is -0.542. The summed E-state index contributed by atoms with van der Waals surface area (Å²) in [4.78, 5) is 29.5. The molecule has 0 aliphatic rings. The number of carbonyl (C=O) groups is 2. The average molecular weight is 640 g/mol. The number of carbonyl (C=O) groups excluding carboxylic acids is 2. The van der Waals surface area contributed by atoms with E-state index in [9.17, 15) is 9.59 Å². The van der Waals surface area contributed by atoms with Crippen molar-refractivity contribution in [2.45, 2.75) is 59.3 Å². The highest BCUT2D eigenvalue weighted by molar-refractivity contribution is 8.06. The summed E-state index contributed by atoms with van der Waals surface area (Å²) < 4.78 is 5.93. The van der Waals surface area contributed by atoms with Gasteiger partial charge in [-0.15, -0.1) is 0 Å². The first-order chi connectivity index (χ1) is 20.8. The van der Waals surface area contributed by atoms with Gasteiger partial charge in [0.15, 0.2) is 0 Å². The van der Waals surface area contributed by atoms with E-state index in [0.717, 1.165) is 67.1 Å². The van der Waals surface area contributed by atoms with Crippen molar-refractivity contribution in [2.24, 2.45) is 5.92 Å². The van der Waals surface area contributed by atoms with Gasteiger partial charge in [-0.2, -0.15) is 0 Å². The Morgan fingerprint density at radius 2 is 1.41 bits per heavy atom. The highest BCUT2D eigenvalue weighted by Gasteiger charge is 2.23. The third kappa shape index (κ3) is 17.2. The number of unbranched alkanes of at least 4 members (excludes halogenated alkanes) is 1. The van der Waals surface area contributed by atoms with Crippen molar-refractivity contribution in [1.82, 2.24) is 15.5 Å². The Morgan fingerprint density at radius 3 is 1.89 bits per heavy atom. The maximum absolute atomic E-state index is 13.2. The first kappa shape index (κ1) is 40.8. The van der Waals surface area contributed by atoms with Crippen LogP contribution in [0.1, 0.15) is 59.3 Å². The molecule has 2 amide bonds. The van der Waals surface area contributed by atoms with Gasteiger partial charge in [-0.1, -0.05) is 115 Å². The topological polar surface area (TPSA) is 70.7 Å². The number of hydrogen-bond donors (Lipinski definition) is 2. The highest BCUT2D eigenvalue weighted by Crippen LogP contribution is 2.29. The fourth-order valence-corrected chi connectivity index (χ4v) is 5.41. The molecular weight excluding hydrogens is 587 g/mol. The monoisotopic (exact) mass is 639 g/mol. The van der Waals surface area contributed by atoms with Gasteiger partial charge in [0.05, 0.1) is 21.7 Å². The van der Waals surface area contributed by atoms with Crippen molar-refractivity contribution in [3.8, 4) is 0 Å². The molecule has 0 rings (SSSR count). The number of rotatable bonds is 26. The predicted octanol–water partition coefficient (Wildman–Crippen LogP) is 8.91. The molecule has 0 saturated heterocycles. The van der Waals surface area contributed by atoms with Crippen LogP contribution in [0.15, 0.2) is 120 Å². The molecule has 0 aromatic carbocycles. The van der Waals surface area contributed by atoms with Crippen LogP contribution >= 0.6 is 23.5 Å². The highest BCUT2D eigenvalue weighted by atomic mass is 32.2. The van der Waals surface area contributed by atoms with Gasteiger partial charge in [-0.3, -0.25) is 9.59 Å².